The number of carbonyl (C=O) groups is 1. The summed E-state index contributed by atoms with van der Waals surface area (Å²) in [6.07, 6.45) is 10.4. The van der Waals surface area contributed by atoms with Crippen LogP contribution in [0.1, 0.15) is 87.2 Å². The number of unbranched alkanes of at least 4 members (excludes halogenated alkanes) is 1. The van der Waals surface area contributed by atoms with Crippen LogP contribution >= 0.6 is 0 Å². The van der Waals surface area contributed by atoms with Crippen molar-refractivity contribution < 1.29 is 19.0 Å². The van der Waals surface area contributed by atoms with Crippen LogP contribution in [-0.2, 0) is 6.42 Å². The average molecular weight is 524 g/mol. The first-order valence-corrected chi connectivity index (χ1v) is 13.5. The SMILES string of the molecule is Cc1ccc(OCCCCC(C)(C)O)cc1-c1cc(NC(=O)c2nnc(CC3CCCCC3)[nH]2)ncc1F. The summed E-state index contributed by atoms with van der Waals surface area (Å²) in [6, 6.07) is 7.04. The average Bonchev–Trinajstić information content (AvgIpc) is 3.34. The van der Waals surface area contributed by atoms with Crippen molar-refractivity contribution in [2.75, 3.05) is 11.9 Å². The van der Waals surface area contributed by atoms with Crippen molar-refractivity contribution in [3.63, 3.8) is 0 Å². The van der Waals surface area contributed by atoms with Crippen molar-refractivity contribution in [2.45, 2.75) is 84.2 Å². The Morgan fingerprint density at radius 1 is 1.16 bits per heavy atom. The van der Waals surface area contributed by atoms with Crippen molar-refractivity contribution in [2.24, 2.45) is 5.92 Å². The van der Waals surface area contributed by atoms with Gasteiger partial charge in [0.2, 0.25) is 5.82 Å². The first-order chi connectivity index (χ1) is 18.2. The summed E-state index contributed by atoms with van der Waals surface area (Å²) < 4.78 is 20.7. The molecule has 0 unspecified atom stereocenters. The van der Waals surface area contributed by atoms with E-state index in [1.54, 1.807) is 19.9 Å². The maximum Gasteiger partial charge on any atom is 0.294 e. The van der Waals surface area contributed by atoms with E-state index < -0.39 is 17.3 Å². The zero-order valence-corrected chi connectivity index (χ0v) is 22.5. The summed E-state index contributed by atoms with van der Waals surface area (Å²) in [7, 11) is 0. The number of aromatic amines is 1. The highest BCUT2D eigenvalue weighted by atomic mass is 19.1. The topological polar surface area (TPSA) is 113 Å². The monoisotopic (exact) mass is 523 g/mol. The molecule has 1 amide bonds. The molecule has 3 aromatic rings. The Hall–Kier alpha value is -3.33. The molecule has 1 aromatic carbocycles. The van der Waals surface area contributed by atoms with E-state index in [2.05, 4.69) is 25.5 Å². The van der Waals surface area contributed by atoms with E-state index in [1.807, 2.05) is 19.1 Å². The number of pyridine rings is 1. The number of ether oxygens (including phenoxy) is 1. The molecule has 9 heteroatoms. The number of aryl methyl sites for hydroxylation is 1. The number of benzene rings is 1. The van der Waals surface area contributed by atoms with Gasteiger partial charge in [-0.3, -0.25) is 4.79 Å². The Bertz CT molecular complexity index is 1230. The second-order valence-corrected chi connectivity index (χ2v) is 10.9. The van der Waals surface area contributed by atoms with E-state index in [-0.39, 0.29) is 11.6 Å². The molecule has 0 atom stereocenters. The molecule has 1 aliphatic carbocycles. The van der Waals surface area contributed by atoms with Gasteiger partial charge in [0.05, 0.1) is 18.4 Å². The Kier molecular flexibility index (Phi) is 9.09. The number of aliphatic hydroxyl groups is 1. The highest BCUT2D eigenvalue weighted by Gasteiger charge is 2.19. The van der Waals surface area contributed by atoms with Gasteiger partial charge >= 0.3 is 0 Å². The summed E-state index contributed by atoms with van der Waals surface area (Å²) >= 11 is 0. The van der Waals surface area contributed by atoms with E-state index in [1.165, 1.54) is 38.2 Å². The number of rotatable bonds is 11. The van der Waals surface area contributed by atoms with Crippen molar-refractivity contribution in [1.82, 2.24) is 20.2 Å². The lowest BCUT2D eigenvalue weighted by atomic mass is 9.87. The van der Waals surface area contributed by atoms with Gasteiger partial charge in [-0.05, 0) is 75.3 Å². The molecule has 0 bridgehead atoms. The van der Waals surface area contributed by atoms with Gasteiger partial charge in [0.25, 0.3) is 5.91 Å². The molecule has 0 saturated heterocycles. The zero-order chi connectivity index (χ0) is 27.1. The Morgan fingerprint density at radius 2 is 1.95 bits per heavy atom. The highest BCUT2D eigenvalue weighted by molar-refractivity contribution is 6.01. The fourth-order valence-corrected chi connectivity index (χ4v) is 4.88. The molecule has 4 rings (SSSR count). The molecule has 8 nitrogen and oxygen atoms in total. The molecular weight excluding hydrogens is 485 g/mol. The van der Waals surface area contributed by atoms with Crippen LogP contribution in [0.15, 0.2) is 30.5 Å². The van der Waals surface area contributed by atoms with Crippen LogP contribution in [-0.4, -0.2) is 43.4 Å². The van der Waals surface area contributed by atoms with E-state index in [0.29, 0.717) is 41.6 Å². The third kappa shape index (κ3) is 7.84. The second-order valence-electron chi connectivity index (χ2n) is 10.9. The van der Waals surface area contributed by atoms with Gasteiger partial charge in [0.15, 0.2) is 0 Å². The van der Waals surface area contributed by atoms with Crippen molar-refractivity contribution >= 4 is 11.7 Å². The van der Waals surface area contributed by atoms with Gasteiger partial charge in [0.1, 0.15) is 23.2 Å². The van der Waals surface area contributed by atoms with Crippen molar-refractivity contribution in [3.05, 3.63) is 53.5 Å². The lowest BCUT2D eigenvalue weighted by Gasteiger charge is -2.19. The number of anilines is 1. The number of nitrogens with zero attached hydrogens (tertiary/aromatic N) is 3. The van der Waals surface area contributed by atoms with Gasteiger partial charge in [-0.25, -0.2) is 9.37 Å². The third-order valence-corrected chi connectivity index (χ3v) is 7.00. The Labute approximate surface area is 223 Å². The summed E-state index contributed by atoms with van der Waals surface area (Å²) in [5.41, 5.74) is 1.15. The summed E-state index contributed by atoms with van der Waals surface area (Å²) in [5.74, 6) is 1.27. The fraction of sp³-hybridized carbons (Fsp3) is 0.517. The highest BCUT2D eigenvalue weighted by Crippen LogP contribution is 2.31. The summed E-state index contributed by atoms with van der Waals surface area (Å²) in [6.45, 7) is 5.98. The van der Waals surface area contributed by atoms with E-state index in [0.717, 1.165) is 31.0 Å². The van der Waals surface area contributed by atoms with Crippen LogP contribution in [0.2, 0.25) is 0 Å². The normalized spacial score (nSPS) is 14.4. The van der Waals surface area contributed by atoms with Gasteiger partial charge in [0, 0.05) is 12.0 Å². The molecule has 0 spiro atoms. The van der Waals surface area contributed by atoms with Gasteiger partial charge in [-0.15, -0.1) is 10.2 Å². The lowest BCUT2D eigenvalue weighted by molar-refractivity contribution is 0.0670. The number of carbonyl (C=O) groups excluding carboxylic acids is 1. The van der Waals surface area contributed by atoms with Crippen molar-refractivity contribution in [1.29, 1.82) is 0 Å². The van der Waals surface area contributed by atoms with E-state index in [4.69, 9.17) is 4.74 Å². The fourth-order valence-electron chi connectivity index (χ4n) is 4.88. The van der Waals surface area contributed by atoms with E-state index in [9.17, 15) is 14.3 Å². The van der Waals surface area contributed by atoms with Crippen LogP contribution < -0.4 is 10.1 Å². The largest absolute Gasteiger partial charge is 0.494 e. The first-order valence-electron chi connectivity index (χ1n) is 13.5. The molecule has 38 heavy (non-hydrogen) atoms. The summed E-state index contributed by atoms with van der Waals surface area (Å²) in [4.78, 5) is 19.9. The molecular formula is C29H38FN5O3. The first kappa shape index (κ1) is 27.7. The minimum Gasteiger partial charge on any atom is -0.494 e. The van der Waals surface area contributed by atoms with E-state index >= 15 is 0 Å². The van der Waals surface area contributed by atoms with Crippen LogP contribution in [0.3, 0.4) is 0 Å². The molecule has 1 fully saturated rings. The van der Waals surface area contributed by atoms with Crippen LogP contribution in [0.25, 0.3) is 11.1 Å². The molecule has 0 aliphatic heterocycles. The van der Waals surface area contributed by atoms with Crippen LogP contribution in [0.4, 0.5) is 10.2 Å². The predicted molar refractivity (Wildman–Crippen MR) is 145 cm³/mol. The number of halogens is 1. The Balaban J connectivity index is 1.40. The number of hydrogen-bond acceptors (Lipinski definition) is 6. The number of H-pyrrole nitrogens is 1. The Morgan fingerprint density at radius 3 is 2.71 bits per heavy atom. The minimum absolute atomic E-state index is 0.111. The molecule has 2 heterocycles. The minimum atomic E-state index is -0.687. The molecule has 2 aromatic heterocycles. The lowest BCUT2D eigenvalue weighted by Crippen LogP contribution is -2.18. The predicted octanol–water partition coefficient (Wildman–Crippen LogP) is 6.01. The second kappa shape index (κ2) is 12.5. The molecule has 204 valence electrons. The number of hydrogen-bond donors (Lipinski definition) is 3. The van der Waals surface area contributed by atoms with Crippen molar-refractivity contribution in [3.8, 4) is 16.9 Å². The van der Waals surface area contributed by atoms with Crippen LogP contribution in [0, 0.1) is 18.7 Å². The maximum atomic E-state index is 14.8. The molecule has 3 N–H and O–H groups in total. The quantitative estimate of drug-likeness (QED) is 0.265. The third-order valence-electron chi connectivity index (χ3n) is 7.00. The molecule has 1 saturated carbocycles. The smallest absolute Gasteiger partial charge is 0.294 e. The number of aromatic nitrogens is 4. The van der Waals surface area contributed by atoms with Gasteiger partial charge in [-0.1, -0.05) is 38.2 Å². The molecule has 1 aliphatic rings. The maximum absolute atomic E-state index is 14.8. The number of nitrogens with one attached hydrogen (secondary N) is 2. The molecule has 0 radical (unpaired) electrons. The van der Waals surface area contributed by atoms with Gasteiger partial charge < -0.3 is 20.1 Å². The number of amides is 1. The van der Waals surface area contributed by atoms with Crippen LogP contribution in [0.5, 0.6) is 5.75 Å². The standard InChI is InChI=1S/C29H38FN5O3/c1-19-11-12-21(38-14-8-7-13-29(2,3)37)16-22(19)23-17-25(31-18-24(23)30)33-28(36)27-32-26(34-35-27)15-20-9-5-4-6-10-20/h11-12,16-18,20,37H,4-10,13-15H2,1-3H3,(H,31,33,36)(H,32,34,35). The van der Waals surface area contributed by atoms with Gasteiger partial charge in [-0.2, -0.15) is 0 Å². The summed E-state index contributed by atoms with van der Waals surface area (Å²) in [5, 5.41) is 20.7. The zero-order valence-electron chi connectivity index (χ0n) is 22.5.